The third-order valence-electron chi connectivity index (χ3n) is 3.52. The number of rotatable bonds is 3. The van der Waals surface area contributed by atoms with Crippen LogP contribution >= 0.6 is 0 Å². The minimum Gasteiger partial charge on any atom is -0.478 e. The second kappa shape index (κ2) is 6.25. The first-order valence-corrected chi connectivity index (χ1v) is 6.79. The molecule has 0 spiro atoms. The molecule has 0 bridgehead atoms. The van der Waals surface area contributed by atoms with Crippen molar-refractivity contribution in [2.75, 3.05) is 5.32 Å². The molecule has 1 saturated carbocycles. The van der Waals surface area contributed by atoms with E-state index in [1.165, 1.54) is 0 Å². The van der Waals surface area contributed by atoms with Crippen molar-refractivity contribution in [1.29, 1.82) is 0 Å². The second-order valence-electron chi connectivity index (χ2n) is 5.14. The maximum absolute atomic E-state index is 12.6. The Bertz CT molecular complexity index is 581. The fourth-order valence-electron chi connectivity index (χ4n) is 2.42. The largest absolute Gasteiger partial charge is 0.478 e. The van der Waals surface area contributed by atoms with Crippen LogP contribution in [0.4, 0.5) is 23.7 Å². The van der Waals surface area contributed by atoms with Gasteiger partial charge in [-0.25, -0.2) is 9.59 Å². The van der Waals surface area contributed by atoms with Gasteiger partial charge in [0, 0.05) is 6.04 Å². The summed E-state index contributed by atoms with van der Waals surface area (Å²) in [5.74, 6) is -1.54. The fraction of sp³-hybridized carbons (Fsp3) is 0.429. The number of carboxylic acid groups (broad SMARTS) is 1. The molecule has 0 heterocycles. The van der Waals surface area contributed by atoms with Crippen LogP contribution in [0, 0.1) is 0 Å². The van der Waals surface area contributed by atoms with Crippen molar-refractivity contribution >= 4 is 17.7 Å². The summed E-state index contributed by atoms with van der Waals surface area (Å²) >= 11 is 0. The lowest BCUT2D eigenvalue weighted by Gasteiger charge is -2.15. The summed E-state index contributed by atoms with van der Waals surface area (Å²) in [6, 6.07) is 1.59. The summed E-state index contributed by atoms with van der Waals surface area (Å²) in [4.78, 5) is 22.9. The van der Waals surface area contributed by atoms with Crippen LogP contribution < -0.4 is 10.6 Å². The standard InChI is InChI=1S/C14H15F3N2O3/c15-14(16,17)8-5-6-11(10(7-8)12(20)21)19-13(22)18-9-3-1-2-4-9/h5-7,9H,1-4H2,(H,20,21)(H2,18,19,22). The van der Waals surface area contributed by atoms with Gasteiger partial charge in [0.1, 0.15) is 0 Å². The Hall–Kier alpha value is -2.25. The Morgan fingerprint density at radius 2 is 1.82 bits per heavy atom. The number of amides is 2. The number of carboxylic acids is 1. The Labute approximate surface area is 124 Å². The SMILES string of the molecule is O=C(Nc1ccc(C(F)(F)F)cc1C(=O)O)NC1CCCC1. The number of alkyl halides is 3. The lowest BCUT2D eigenvalue weighted by atomic mass is 10.1. The van der Waals surface area contributed by atoms with Crippen LogP contribution in [-0.4, -0.2) is 23.1 Å². The van der Waals surface area contributed by atoms with Crippen LogP contribution in [0.15, 0.2) is 18.2 Å². The van der Waals surface area contributed by atoms with Crippen LogP contribution in [0.5, 0.6) is 0 Å². The minimum atomic E-state index is -4.64. The van der Waals surface area contributed by atoms with E-state index in [0.717, 1.165) is 37.8 Å². The van der Waals surface area contributed by atoms with Gasteiger partial charge in [-0.15, -0.1) is 0 Å². The maximum atomic E-state index is 12.6. The molecule has 22 heavy (non-hydrogen) atoms. The number of carbonyl (C=O) groups is 2. The molecule has 120 valence electrons. The maximum Gasteiger partial charge on any atom is 0.416 e. The van der Waals surface area contributed by atoms with E-state index in [2.05, 4.69) is 10.6 Å². The van der Waals surface area contributed by atoms with Gasteiger partial charge in [-0.05, 0) is 31.0 Å². The highest BCUT2D eigenvalue weighted by Crippen LogP contribution is 2.32. The summed E-state index contributed by atoms with van der Waals surface area (Å²) in [7, 11) is 0. The predicted octanol–water partition coefficient (Wildman–Crippen LogP) is 3.47. The topological polar surface area (TPSA) is 78.4 Å². The number of benzene rings is 1. The molecule has 0 aliphatic heterocycles. The highest BCUT2D eigenvalue weighted by molar-refractivity contribution is 6.00. The molecule has 5 nitrogen and oxygen atoms in total. The van der Waals surface area contributed by atoms with Crippen molar-refractivity contribution < 1.29 is 27.9 Å². The van der Waals surface area contributed by atoms with Crippen molar-refractivity contribution in [2.24, 2.45) is 0 Å². The number of nitrogens with one attached hydrogen (secondary N) is 2. The quantitative estimate of drug-likeness (QED) is 0.799. The molecule has 0 radical (unpaired) electrons. The smallest absolute Gasteiger partial charge is 0.416 e. The van der Waals surface area contributed by atoms with Crippen molar-refractivity contribution in [3.05, 3.63) is 29.3 Å². The summed E-state index contributed by atoms with van der Waals surface area (Å²) in [5.41, 5.74) is -1.85. The van der Waals surface area contributed by atoms with E-state index in [1.807, 2.05) is 0 Å². The summed E-state index contributed by atoms with van der Waals surface area (Å²) in [6.45, 7) is 0. The van der Waals surface area contributed by atoms with E-state index >= 15 is 0 Å². The molecular weight excluding hydrogens is 301 g/mol. The van der Waals surface area contributed by atoms with Gasteiger partial charge < -0.3 is 15.7 Å². The molecule has 1 aromatic rings. The van der Waals surface area contributed by atoms with Gasteiger partial charge in [-0.3, -0.25) is 0 Å². The van der Waals surface area contributed by atoms with E-state index in [4.69, 9.17) is 5.11 Å². The molecule has 3 N–H and O–H groups in total. The predicted molar refractivity (Wildman–Crippen MR) is 72.8 cm³/mol. The highest BCUT2D eigenvalue weighted by Gasteiger charge is 2.32. The molecule has 2 rings (SSSR count). The Balaban J connectivity index is 2.15. The summed E-state index contributed by atoms with van der Waals surface area (Å²) < 4.78 is 37.8. The van der Waals surface area contributed by atoms with E-state index in [1.54, 1.807) is 0 Å². The van der Waals surface area contributed by atoms with Crippen molar-refractivity contribution in [2.45, 2.75) is 37.9 Å². The number of hydrogen-bond donors (Lipinski definition) is 3. The van der Waals surface area contributed by atoms with E-state index in [9.17, 15) is 22.8 Å². The number of halogens is 3. The van der Waals surface area contributed by atoms with Crippen LogP contribution in [0.1, 0.15) is 41.6 Å². The molecule has 0 aromatic heterocycles. The first-order valence-electron chi connectivity index (χ1n) is 6.79. The number of anilines is 1. The summed E-state index contributed by atoms with van der Waals surface area (Å²) in [5, 5.41) is 14.0. The zero-order valence-corrected chi connectivity index (χ0v) is 11.5. The number of carbonyl (C=O) groups excluding carboxylic acids is 1. The Morgan fingerprint density at radius 1 is 1.18 bits per heavy atom. The Morgan fingerprint density at radius 3 is 2.36 bits per heavy atom. The molecule has 8 heteroatoms. The van der Waals surface area contributed by atoms with Crippen molar-refractivity contribution in [3.63, 3.8) is 0 Å². The summed E-state index contributed by atoms with van der Waals surface area (Å²) in [6.07, 6.45) is -0.954. The third kappa shape index (κ3) is 3.90. The molecule has 1 aliphatic rings. The third-order valence-corrected chi connectivity index (χ3v) is 3.52. The molecule has 2 amide bonds. The molecule has 0 saturated heterocycles. The first-order chi connectivity index (χ1) is 10.3. The molecule has 0 atom stereocenters. The fourth-order valence-corrected chi connectivity index (χ4v) is 2.42. The van der Waals surface area contributed by atoms with Gasteiger partial charge in [-0.2, -0.15) is 13.2 Å². The van der Waals surface area contributed by atoms with Gasteiger partial charge in [0.05, 0.1) is 16.8 Å². The van der Waals surface area contributed by atoms with E-state index in [-0.39, 0.29) is 11.7 Å². The normalized spacial score (nSPS) is 15.6. The van der Waals surface area contributed by atoms with Crippen LogP contribution in [0.3, 0.4) is 0 Å². The van der Waals surface area contributed by atoms with Crippen molar-refractivity contribution in [1.82, 2.24) is 5.32 Å². The lowest BCUT2D eigenvalue weighted by molar-refractivity contribution is -0.137. The monoisotopic (exact) mass is 316 g/mol. The Kier molecular flexibility index (Phi) is 4.58. The van der Waals surface area contributed by atoms with Gasteiger partial charge in [-0.1, -0.05) is 12.8 Å². The number of aromatic carboxylic acids is 1. The minimum absolute atomic E-state index is 0.0164. The molecule has 1 aliphatic carbocycles. The van der Waals surface area contributed by atoms with Crippen LogP contribution in [0.2, 0.25) is 0 Å². The first kappa shape index (κ1) is 16.1. The van der Waals surface area contributed by atoms with E-state index < -0.39 is 29.3 Å². The van der Waals surface area contributed by atoms with Gasteiger partial charge in [0.25, 0.3) is 0 Å². The average Bonchev–Trinajstić information content (AvgIpc) is 2.90. The van der Waals surface area contributed by atoms with Gasteiger partial charge >= 0.3 is 18.2 Å². The second-order valence-corrected chi connectivity index (χ2v) is 5.14. The zero-order chi connectivity index (χ0) is 16.3. The van der Waals surface area contributed by atoms with Gasteiger partial charge in [0.15, 0.2) is 0 Å². The average molecular weight is 316 g/mol. The highest BCUT2D eigenvalue weighted by atomic mass is 19.4. The zero-order valence-electron chi connectivity index (χ0n) is 11.5. The number of hydrogen-bond acceptors (Lipinski definition) is 2. The van der Waals surface area contributed by atoms with Gasteiger partial charge in [0.2, 0.25) is 0 Å². The van der Waals surface area contributed by atoms with E-state index in [0.29, 0.717) is 6.07 Å². The molecular formula is C14H15F3N2O3. The number of urea groups is 1. The molecule has 0 unspecified atom stereocenters. The van der Waals surface area contributed by atoms with Crippen LogP contribution in [-0.2, 0) is 6.18 Å². The molecule has 1 fully saturated rings. The van der Waals surface area contributed by atoms with Crippen LogP contribution in [0.25, 0.3) is 0 Å². The van der Waals surface area contributed by atoms with Crippen molar-refractivity contribution in [3.8, 4) is 0 Å². The molecule has 1 aromatic carbocycles. The lowest BCUT2D eigenvalue weighted by Crippen LogP contribution is -2.36.